The van der Waals surface area contributed by atoms with E-state index >= 15 is 0 Å². The van der Waals surface area contributed by atoms with Crippen molar-refractivity contribution in [3.05, 3.63) is 82.2 Å². The number of ether oxygens (including phenoxy) is 1. The van der Waals surface area contributed by atoms with Gasteiger partial charge >= 0.3 is 0 Å². The Labute approximate surface area is 171 Å². The largest absolute Gasteiger partial charge is 0.377 e. The van der Waals surface area contributed by atoms with Crippen LogP contribution in [0.25, 0.3) is 5.69 Å². The number of amides is 1. The van der Waals surface area contributed by atoms with Gasteiger partial charge in [0.15, 0.2) is 5.69 Å². The van der Waals surface area contributed by atoms with Crippen LogP contribution in [-0.4, -0.2) is 22.3 Å². The molecule has 2 aromatic carbocycles. The van der Waals surface area contributed by atoms with E-state index in [0.29, 0.717) is 25.5 Å². The van der Waals surface area contributed by atoms with Gasteiger partial charge in [0, 0.05) is 24.4 Å². The maximum absolute atomic E-state index is 12.9. The zero-order valence-corrected chi connectivity index (χ0v) is 17.1. The maximum atomic E-state index is 12.9. The van der Waals surface area contributed by atoms with E-state index in [0.717, 1.165) is 41.6 Å². The van der Waals surface area contributed by atoms with Crippen molar-refractivity contribution in [3.8, 4) is 5.69 Å². The SMILES string of the molecule is CCOCc1ccc(CNC(=O)c2nn(-c3ccc(C)cc3)c3c2CCC3)cc1. The van der Waals surface area contributed by atoms with Crippen LogP contribution in [0.1, 0.15) is 51.8 Å². The van der Waals surface area contributed by atoms with Gasteiger partial charge in [-0.25, -0.2) is 4.68 Å². The minimum absolute atomic E-state index is 0.104. The lowest BCUT2D eigenvalue weighted by Gasteiger charge is -2.07. The summed E-state index contributed by atoms with van der Waals surface area (Å²) in [6, 6.07) is 16.4. The average molecular weight is 389 g/mol. The maximum Gasteiger partial charge on any atom is 0.272 e. The summed E-state index contributed by atoms with van der Waals surface area (Å²) in [6.45, 7) is 5.86. The molecule has 1 N–H and O–H groups in total. The van der Waals surface area contributed by atoms with E-state index in [1.54, 1.807) is 0 Å². The van der Waals surface area contributed by atoms with Crippen LogP contribution in [0.3, 0.4) is 0 Å². The first-order valence-electron chi connectivity index (χ1n) is 10.3. The second kappa shape index (κ2) is 8.62. The third-order valence-corrected chi connectivity index (χ3v) is 5.37. The van der Waals surface area contributed by atoms with Crippen LogP contribution in [0.15, 0.2) is 48.5 Å². The predicted octanol–water partition coefficient (Wildman–Crippen LogP) is 4.14. The van der Waals surface area contributed by atoms with Gasteiger partial charge in [-0.1, -0.05) is 42.0 Å². The summed E-state index contributed by atoms with van der Waals surface area (Å²) in [5, 5.41) is 7.72. The minimum atomic E-state index is -0.104. The van der Waals surface area contributed by atoms with Gasteiger partial charge < -0.3 is 10.1 Å². The standard InChI is InChI=1S/C24H27N3O2/c1-3-29-16-19-11-9-18(10-12-19)15-25-24(28)23-21-5-4-6-22(21)27(26-23)20-13-7-17(2)8-14-20/h7-14H,3-6,15-16H2,1-2H3,(H,25,28). The highest BCUT2D eigenvalue weighted by molar-refractivity contribution is 5.94. The van der Waals surface area contributed by atoms with Crippen LogP contribution >= 0.6 is 0 Å². The fraction of sp³-hybridized carbons (Fsp3) is 0.333. The molecule has 5 heteroatoms. The fourth-order valence-corrected chi connectivity index (χ4v) is 3.76. The molecule has 3 aromatic rings. The fourth-order valence-electron chi connectivity index (χ4n) is 3.76. The van der Waals surface area contributed by atoms with Crippen molar-refractivity contribution in [2.45, 2.75) is 46.3 Å². The van der Waals surface area contributed by atoms with Crippen molar-refractivity contribution in [1.82, 2.24) is 15.1 Å². The molecule has 0 fully saturated rings. The van der Waals surface area contributed by atoms with Crippen LogP contribution in [0.2, 0.25) is 0 Å². The number of nitrogens with one attached hydrogen (secondary N) is 1. The van der Waals surface area contributed by atoms with E-state index in [1.165, 1.54) is 11.3 Å². The number of fused-ring (bicyclic) bond motifs is 1. The van der Waals surface area contributed by atoms with Crippen molar-refractivity contribution in [3.63, 3.8) is 0 Å². The van der Waals surface area contributed by atoms with Crippen molar-refractivity contribution in [1.29, 1.82) is 0 Å². The lowest BCUT2D eigenvalue weighted by molar-refractivity contribution is 0.0944. The highest BCUT2D eigenvalue weighted by Gasteiger charge is 2.26. The average Bonchev–Trinajstić information content (AvgIpc) is 3.35. The molecule has 1 aliphatic rings. The summed E-state index contributed by atoms with van der Waals surface area (Å²) in [6.07, 6.45) is 2.95. The number of nitrogens with zero attached hydrogens (tertiary/aromatic N) is 2. The first-order valence-corrected chi connectivity index (χ1v) is 10.3. The van der Waals surface area contributed by atoms with Crippen molar-refractivity contribution in [2.75, 3.05) is 6.61 Å². The molecule has 29 heavy (non-hydrogen) atoms. The van der Waals surface area contributed by atoms with Gasteiger partial charge in [0.05, 0.1) is 12.3 Å². The Morgan fingerprint density at radius 2 is 1.79 bits per heavy atom. The van der Waals surface area contributed by atoms with Gasteiger partial charge in [-0.15, -0.1) is 0 Å². The van der Waals surface area contributed by atoms with E-state index in [9.17, 15) is 4.79 Å². The summed E-state index contributed by atoms with van der Waals surface area (Å²) in [4.78, 5) is 12.9. The molecule has 1 amide bonds. The molecule has 1 heterocycles. The molecule has 0 saturated carbocycles. The van der Waals surface area contributed by atoms with Crippen LogP contribution in [0.5, 0.6) is 0 Å². The highest BCUT2D eigenvalue weighted by Crippen LogP contribution is 2.28. The monoisotopic (exact) mass is 389 g/mol. The van der Waals surface area contributed by atoms with Crippen LogP contribution < -0.4 is 5.32 Å². The molecular formula is C24H27N3O2. The first-order chi connectivity index (χ1) is 14.2. The Morgan fingerprint density at radius 3 is 2.52 bits per heavy atom. The van der Waals surface area contributed by atoms with Crippen LogP contribution in [0.4, 0.5) is 0 Å². The van der Waals surface area contributed by atoms with Gasteiger partial charge in [0.2, 0.25) is 0 Å². The number of hydrogen-bond donors (Lipinski definition) is 1. The summed E-state index contributed by atoms with van der Waals surface area (Å²) in [7, 11) is 0. The highest BCUT2D eigenvalue weighted by atomic mass is 16.5. The number of benzene rings is 2. The Hall–Kier alpha value is -2.92. The van der Waals surface area contributed by atoms with Gasteiger partial charge in [-0.2, -0.15) is 5.10 Å². The summed E-state index contributed by atoms with van der Waals surface area (Å²) in [5.74, 6) is -0.104. The molecule has 0 atom stereocenters. The molecule has 0 radical (unpaired) electrons. The number of rotatable bonds is 7. The lowest BCUT2D eigenvalue weighted by Crippen LogP contribution is -2.24. The van der Waals surface area contributed by atoms with E-state index in [-0.39, 0.29) is 5.91 Å². The Balaban J connectivity index is 1.48. The van der Waals surface area contributed by atoms with Crippen LogP contribution in [-0.2, 0) is 30.7 Å². The van der Waals surface area contributed by atoms with Gasteiger partial charge in [0.1, 0.15) is 0 Å². The number of aromatic nitrogens is 2. The minimum Gasteiger partial charge on any atom is -0.377 e. The second-order valence-corrected chi connectivity index (χ2v) is 7.51. The van der Waals surface area contributed by atoms with Gasteiger partial charge in [0.25, 0.3) is 5.91 Å². The molecule has 0 spiro atoms. The third kappa shape index (κ3) is 4.25. The number of carbonyl (C=O) groups is 1. The molecule has 0 aliphatic heterocycles. The Bertz CT molecular complexity index is 988. The quantitative estimate of drug-likeness (QED) is 0.661. The topological polar surface area (TPSA) is 56.1 Å². The zero-order valence-electron chi connectivity index (χ0n) is 17.1. The molecule has 4 rings (SSSR count). The van der Waals surface area contributed by atoms with Crippen molar-refractivity contribution < 1.29 is 9.53 Å². The summed E-state index contributed by atoms with van der Waals surface area (Å²) < 4.78 is 7.37. The molecule has 0 unspecified atom stereocenters. The van der Waals surface area contributed by atoms with E-state index < -0.39 is 0 Å². The number of aryl methyl sites for hydroxylation is 1. The normalized spacial score (nSPS) is 12.8. The molecular weight excluding hydrogens is 362 g/mol. The summed E-state index contributed by atoms with van der Waals surface area (Å²) >= 11 is 0. The first kappa shape index (κ1) is 19.4. The predicted molar refractivity (Wildman–Crippen MR) is 113 cm³/mol. The van der Waals surface area contributed by atoms with Crippen LogP contribution in [0, 0.1) is 6.92 Å². The second-order valence-electron chi connectivity index (χ2n) is 7.51. The molecule has 1 aliphatic carbocycles. The van der Waals surface area contributed by atoms with E-state index in [4.69, 9.17) is 4.74 Å². The third-order valence-electron chi connectivity index (χ3n) is 5.37. The smallest absolute Gasteiger partial charge is 0.272 e. The zero-order chi connectivity index (χ0) is 20.2. The molecule has 5 nitrogen and oxygen atoms in total. The number of carbonyl (C=O) groups excluding carboxylic acids is 1. The van der Waals surface area contributed by atoms with E-state index in [2.05, 4.69) is 41.6 Å². The Kier molecular flexibility index (Phi) is 5.76. The molecule has 0 bridgehead atoms. The summed E-state index contributed by atoms with van der Waals surface area (Å²) in [5.41, 5.74) is 7.24. The number of hydrogen-bond acceptors (Lipinski definition) is 3. The van der Waals surface area contributed by atoms with E-state index in [1.807, 2.05) is 35.9 Å². The van der Waals surface area contributed by atoms with Crippen molar-refractivity contribution in [2.24, 2.45) is 0 Å². The lowest BCUT2D eigenvalue weighted by atomic mass is 10.1. The Morgan fingerprint density at radius 1 is 1.07 bits per heavy atom. The molecule has 150 valence electrons. The van der Waals surface area contributed by atoms with Crippen molar-refractivity contribution >= 4 is 5.91 Å². The molecule has 0 saturated heterocycles. The molecule has 1 aromatic heterocycles. The van der Waals surface area contributed by atoms with Gasteiger partial charge in [-0.05, 0) is 56.4 Å². The van der Waals surface area contributed by atoms with Gasteiger partial charge in [-0.3, -0.25) is 4.79 Å².